The second-order valence-corrected chi connectivity index (χ2v) is 8.14. The van der Waals surface area contributed by atoms with Gasteiger partial charge >= 0.3 is 0 Å². The number of oxazole rings is 1. The molecular weight excluding hydrogens is 382 g/mol. The SMILES string of the molecule is COc1cccc(CC(=O)N2CCC(c3nc(C(=O)N4CCCC4)c(C)o3)CC2)c1. The van der Waals surface area contributed by atoms with Gasteiger partial charge in [0.25, 0.3) is 5.91 Å². The molecule has 160 valence electrons. The van der Waals surface area contributed by atoms with Gasteiger partial charge in [-0.2, -0.15) is 0 Å². The van der Waals surface area contributed by atoms with Crippen molar-refractivity contribution in [2.24, 2.45) is 0 Å². The number of aryl methyl sites for hydroxylation is 1. The number of hydrogen-bond donors (Lipinski definition) is 0. The van der Waals surface area contributed by atoms with Crippen LogP contribution in [0, 0.1) is 6.92 Å². The lowest BCUT2D eigenvalue weighted by molar-refractivity contribution is -0.131. The highest BCUT2D eigenvalue weighted by atomic mass is 16.5. The van der Waals surface area contributed by atoms with Crippen molar-refractivity contribution < 1.29 is 18.7 Å². The number of likely N-dealkylation sites (tertiary alicyclic amines) is 2. The summed E-state index contributed by atoms with van der Waals surface area (Å²) in [5.74, 6) is 2.23. The van der Waals surface area contributed by atoms with Crippen molar-refractivity contribution in [3.63, 3.8) is 0 Å². The van der Waals surface area contributed by atoms with Crippen LogP contribution in [0.1, 0.15) is 59.3 Å². The Kier molecular flexibility index (Phi) is 6.06. The van der Waals surface area contributed by atoms with Crippen molar-refractivity contribution >= 4 is 11.8 Å². The third-order valence-electron chi connectivity index (χ3n) is 6.10. The van der Waals surface area contributed by atoms with Crippen LogP contribution >= 0.6 is 0 Å². The molecular formula is C23H29N3O4. The van der Waals surface area contributed by atoms with Gasteiger partial charge in [-0.25, -0.2) is 4.98 Å². The maximum absolute atomic E-state index is 12.7. The van der Waals surface area contributed by atoms with Crippen LogP contribution in [0.15, 0.2) is 28.7 Å². The molecule has 2 amide bonds. The van der Waals surface area contributed by atoms with E-state index in [-0.39, 0.29) is 17.7 Å². The molecule has 0 spiro atoms. The molecule has 4 rings (SSSR count). The van der Waals surface area contributed by atoms with E-state index in [1.807, 2.05) is 41.0 Å². The summed E-state index contributed by atoms with van der Waals surface area (Å²) >= 11 is 0. The predicted molar refractivity (Wildman–Crippen MR) is 112 cm³/mol. The predicted octanol–water partition coefficient (Wildman–Crippen LogP) is 3.18. The van der Waals surface area contributed by atoms with E-state index in [1.54, 1.807) is 7.11 Å². The van der Waals surface area contributed by atoms with Gasteiger partial charge in [-0.1, -0.05) is 12.1 Å². The summed E-state index contributed by atoms with van der Waals surface area (Å²) in [6.45, 7) is 4.75. The first-order valence-corrected chi connectivity index (χ1v) is 10.7. The molecule has 0 bridgehead atoms. The van der Waals surface area contributed by atoms with Gasteiger partial charge in [-0.3, -0.25) is 9.59 Å². The summed E-state index contributed by atoms with van der Waals surface area (Å²) < 4.78 is 11.1. The summed E-state index contributed by atoms with van der Waals surface area (Å²) in [7, 11) is 1.63. The van der Waals surface area contributed by atoms with Crippen LogP contribution in [-0.2, 0) is 11.2 Å². The van der Waals surface area contributed by atoms with Crippen LogP contribution < -0.4 is 4.74 Å². The van der Waals surface area contributed by atoms with Crippen LogP contribution in [-0.4, -0.2) is 59.9 Å². The first-order chi connectivity index (χ1) is 14.5. The lowest BCUT2D eigenvalue weighted by Crippen LogP contribution is -2.38. The van der Waals surface area contributed by atoms with Gasteiger partial charge < -0.3 is 19.0 Å². The molecule has 30 heavy (non-hydrogen) atoms. The van der Waals surface area contributed by atoms with Crippen LogP contribution in [0.2, 0.25) is 0 Å². The monoisotopic (exact) mass is 411 g/mol. The summed E-state index contributed by atoms with van der Waals surface area (Å²) in [6, 6.07) is 7.63. The molecule has 0 unspecified atom stereocenters. The smallest absolute Gasteiger partial charge is 0.276 e. The Morgan fingerprint density at radius 3 is 2.57 bits per heavy atom. The summed E-state index contributed by atoms with van der Waals surface area (Å²) in [6.07, 6.45) is 4.06. The molecule has 0 atom stereocenters. The lowest BCUT2D eigenvalue weighted by atomic mass is 9.96. The molecule has 2 fully saturated rings. The molecule has 7 nitrogen and oxygen atoms in total. The molecule has 2 aliphatic rings. The molecule has 2 aliphatic heterocycles. The quantitative estimate of drug-likeness (QED) is 0.755. The molecule has 3 heterocycles. The number of ether oxygens (including phenoxy) is 1. The number of methoxy groups -OCH3 is 1. The number of benzene rings is 1. The second-order valence-electron chi connectivity index (χ2n) is 8.14. The Bertz CT molecular complexity index is 909. The Morgan fingerprint density at radius 1 is 1.13 bits per heavy atom. The maximum Gasteiger partial charge on any atom is 0.276 e. The van der Waals surface area contributed by atoms with Crippen molar-refractivity contribution in [1.29, 1.82) is 0 Å². The van der Waals surface area contributed by atoms with Gasteiger partial charge in [-0.15, -0.1) is 0 Å². The highest BCUT2D eigenvalue weighted by Gasteiger charge is 2.30. The number of nitrogens with zero attached hydrogens (tertiary/aromatic N) is 3. The fraction of sp³-hybridized carbons (Fsp3) is 0.522. The van der Waals surface area contributed by atoms with Crippen molar-refractivity contribution in [2.45, 2.75) is 44.9 Å². The minimum absolute atomic E-state index is 0.0223. The number of rotatable bonds is 5. The standard InChI is InChI=1S/C23H29N3O4/c1-16-21(23(28)26-10-3-4-11-26)24-22(30-16)18-8-12-25(13-9-18)20(27)15-17-6-5-7-19(14-17)29-2/h5-7,14,18H,3-4,8-13,15H2,1-2H3. The first kappa shape index (κ1) is 20.4. The number of carbonyl (C=O) groups excluding carboxylic acids is 2. The van der Waals surface area contributed by atoms with Crippen LogP contribution in [0.5, 0.6) is 5.75 Å². The van der Waals surface area contributed by atoms with Gasteiger partial charge in [-0.05, 0) is 50.3 Å². The molecule has 2 aromatic rings. The second kappa shape index (κ2) is 8.90. The van der Waals surface area contributed by atoms with E-state index in [1.165, 1.54) is 0 Å². The van der Waals surface area contributed by atoms with E-state index in [2.05, 4.69) is 4.98 Å². The van der Waals surface area contributed by atoms with Gasteiger partial charge in [0.2, 0.25) is 5.91 Å². The minimum atomic E-state index is -0.0223. The third-order valence-corrected chi connectivity index (χ3v) is 6.10. The third kappa shape index (κ3) is 4.35. The first-order valence-electron chi connectivity index (χ1n) is 10.7. The zero-order valence-corrected chi connectivity index (χ0v) is 17.7. The Morgan fingerprint density at radius 2 is 1.87 bits per heavy atom. The van der Waals surface area contributed by atoms with E-state index in [9.17, 15) is 9.59 Å². The van der Waals surface area contributed by atoms with Gasteiger partial charge in [0.1, 0.15) is 11.5 Å². The van der Waals surface area contributed by atoms with E-state index >= 15 is 0 Å². The fourth-order valence-corrected chi connectivity index (χ4v) is 4.30. The van der Waals surface area contributed by atoms with Crippen molar-refractivity contribution in [2.75, 3.05) is 33.3 Å². The zero-order valence-electron chi connectivity index (χ0n) is 17.7. The molecule has 1 aromatic heterocycles. The van der Waals surface area contributed by atoms with E-state index in [4.69, 9.17) is 9.15 Å². The van der Waals surface area contributed by atoms with Gasteiger partial charge in [0.05, 0.1) is 13.5 Å². The molecule has 7 heteroatoms. The fourth-order valence-electron chi connectivity index (χ4n) is 4.30. The Balaban J connectivity index is 1.34. The van der Waals surface area contributed by atoms with Gasteiger partial charge in [0, 0.05) is 32.1 Å². The number of hydrogen-bond acceptors (Lipinski definition) is 5. The summed E-state index contributed by atoms with van der Waals surface area (Å²) in [5, 5.41) is 0. The molecule has 1 aromatic carbocycles. The molecule has 0 N–H and O–H groups in total. The normalized spacial score (nSPS) is 17.4. The van der Waals surface area contributed by atoms with E-state index in [0.717, 1.165) is 50.1 Å². The molecule has 2 saturated heterocycles. The molecule has 0 saturated carbocycles. The zero-order chi connectivity index (χ0) is 21.1. The van der Waals surface area contributed by atoms with Crippen LogP contribution in [0.4, 0.5) is 0 Å². The topological polar surface area (TPSA) is 75.9 Å². The van der Waals surface area contributed by atoms with Crippen LogP contribution in [0.3, 0.4) is 0 Å². The average molecular weight is 412 g/mol. The summed E-state index contributed by atoms with van der Waals surface area (Å²) in [5.41, 5.74) is 1.40. The largest absolute Gasteiger partial charge is 0.497 e. The van der Waals surface area contributed by atoms with Crippen molar-refractivity contribution in [3.05, 3.63) is 47.2 Å². The van der Waals surface area contributed by atoms with Crippen molar-refractivity contribution in [1.82, 2.24) is 14.8 Å². The van der Waals surface area contributed by atoms with E-state index < -0.39 is 0 Å². The highest BCUT2D eigenvalue weighted by molar-refractivity contribution is 5.93. The number of aromatic nitrogens is 1. The van der Waals surface area contributed by atoms with Gasteiger partial charge in [0.15, 0.2) is 11.6 Å². The Hall–Kier alpha value is -2.83. The average Bonchev–Trinajstić information content (AvgIpc) is 3.44. The Labute approximate surface area is 177 Å². The van der Waals surface area contributed by atoms with Crippen LogP contribution in [0.25, 0.3) is 0 Å². The maximum atomic E-state index is 12.7. The van der Waals surface area contributed by atoms with Crippen molar-refractivity contribution in [3.8, 4) is 5.75 Å². The molecule has 0 aliphatic carbocycles. The highest BCUT2D eigenvalue weighted by Crippen LogP contribution is 2.30. The number of amides is 2. The number of piperidine rings is 1. The molecule has 0 radical (unpaired) electrons. The number of carbonyl (C=O) groups is 2. The lowest BCUT2D eigenvalue weighted by Gasteiger charge is -2.30. The van der Waals surface area contributed by atoms with E-state index in [0.29, 0.717) is 36.9 Å². The minimum Gasteiger partial charge on any atom is -0.497 e. The summed E-state index contributed by atoms with van der Waals surface area (Å²) in [4.78, 5) is 33.7.